The molecule has 5 nitrogen and oxygen atoms in total. The molecule has 0 spiro atoms. The molecule has 25 heavy (non-hydrogen) atoms. The minimum atomic E-state index is 0.251. The van der Waals surface area contributed by atoms with Gasteiger partial charge in [-0.15, -0.1) is 0 Å². The Balaban J connectivity index is 1.65. The number of aryl methyl sites for hydroxylation is 1. The number of hydrogen-bond donors (Lipinski definition) is 2. The van der Waals surface area contributed by atoms with Gasteiger partial charge in [0.2, 0.25) is 0 Å². The van der Waals surface area contributed by atoms with Gasteiger partial charge in [-0.3, -0.25) is 4.90 Å². The second-order valence-corrected chi connectivity index (χ2v) is 7.19. The van der Waals surface area contributed by atoms with Gasteiger partial charge >= 0.3 is 0 Å². The Hall–Kier alpha value is -1.79. The third-order valence-corrected chi connectivity index (χ3v) is 5.21. The molecule has 1 aliphatic heterocycles. The number of nitrogens with one attached hydrogen (secondary N) is 2. The zero-order valence-electron chi connectivity index (χ0n) is 15.1. The van der Waals surface area contributed by atoms with E-state index in [9.17, 15) is 0 Å². The Kier molecular flexibility index (Phi) is 6.53. The van der Waals surface area contributed by atoms with Gasteiger partial charge in [0, 0.05) is 13.1 Å². The predicted octanol–water partition coefficient (Wildman–Crippen LogP) is 3.54. The molecule has 0 radical (unpaired) electrons. The van der Waals surface area contributed by atoms with E-state index in [4.69, 9.17) is 9.41 Å². The van der Waals surface area contributed by atoms with Crippen LogP contribution in [0.4, 0.5) is 0 Å². The molecular formula is C19H28N4OS. The molecule has 2 aromatic heterocycles. The standard InChI is InChI=1S/C19H28N4OS/c1-3-20-19(21-12-16-8-11-25-14-16)22-13-17(23-9-4-5-10-23)18-7-6-15(2)24-18/h6-8,11,14,17H,3-5,9-10,12-13H2,1-2H3,(H2,20,21,22). The van der Waals surface area contributed by atoms with E-state index in [2.05, 4.69) is 45.4 Å². The van der Waals surface area contributed by atoms with E-state index in [1.54, 1.807) is 11.3 Å². The average Bonchev–Trinajstić information content (AvgIpc) is 3.36. The minimum Gasteiger partial charge on any atom is -0.465 e. The van der Waals surface area contributed by atoms with Crippen molar-refractivity contribution in [2.45, 2.75) is 39.3 Å². The molecule has 2 N–H and O–H groups in total. The van der Waals surface area contributed by atoms with Crippen molar-refractivity contribution in [3.8, 4) is 0 Å². The third-order valence-electron chi connectivity index (χ3n) is 4.48. The summed E-state index contributed by atoms with van der Waals surface area (Å²) in [5.74, 6) is 2.87. The molecule has 1 aliphatic rings. The lowest BCUT2D eigenvalue weighted by molar-refractivity contribution is 0.213. The van der Waals surface area contributed by atoms with Crippen LogP contribution >= 0.6 is 11.3 Å². The molecule has 136 valence electrons. The smallest absolute Gasteiger partial charge is 0.191 e. The van der Waals surface area contributed by atoms with Crippen molar-refractivity contribution in [1.29, 1.82) is 0 Å². The van der Waals surface area contributed by atoms with Gasteiger partial charge < -0.3 is 15.1 Å². The lowest BCUT2D eigenvalue weighted by Gasteiger charge is -2.26. The van der Waals surface area contributed by atoms with E-state index in [1.165, 1.54) is 18.4 Å². The van der Waals surface area contributed by atoms with Gasteiger partial charge in [0.15, 0.2) is 5.96 Å². The highest BCUT2D eigenvalue weighted by Gasteiger charge is 2.26. The second-order valence-electron chi connectivity index (χ2n) is 6.41. The average molecular weight is 361 g/mol. The highest BCUT2D eigenvalue weighted by molar-refractivity contribution is 7.07. The topological polar surface area (TPSA) is 52.8 Å². The van der Waals surface area contributed by atoms with Crippen molar-refractivity contribution in [3.63, 3.8) is 0 Å². The normalized spacial score (nSPS) is 17.0. The van der Waals surface area contributed by atoms with Crippen LogP contribution in [0.5, 0.6) is 0 Å². The number of hydrogen-bond acceptors (Lipinski definition) is 4. The van der Waals surface area contributed by atoms with E-state index >= 15 is 0 Å². The van der Waals surface area contributed by atoms with E-state index in [-0.39, 0.29) is 6.04 Å². The molecule has 0 aromatic carbocycles. The van der Waals surface area contributed by atoms with E-state index in [1.807, 2.05) is 13.0 Å². The summed E-state index contributed by atoms with van der Waals surface area (Å²) in [4.78, 5) is 7.21. The fourth-order valence-corrected chi connectivity index (χ4v) is 3.84. The molecule has 3 heterocycles. The van der Waals surface area contributed by atoms with Crippen LogP contribution in [0.15, 0.2) is 38.4 Å². The fourth-order valence-electron chi connectivity index (χ4n) is 3.18. The summed E-state index contributed by atoms with van der Waals surface area (Å²) in [7, 11) is 0. The Labute approximate surface area is 154 Å². The van der Waals surface area contributed by atoms with E-state index in [0.29, 0.717) is 6.54 Å². The Morgan fingerprint density at radius 2 is 2.12 bits per heavy atom. The maximum absolute atomic E-state index is 5.93. The zero-order valence-corrected chi connectivity index (χ0v) is 15.9. The third kappa shape index (κ3) is 5.09. The highest BCUT2D eigenvalue weighted by atomic mass is 32.1. The van der Waals surface area contributed by atoms with E-state index in [0.717, 1.165) is 43.7 Å². The van der Waals surface area contributed by atoms with Crippen molar-refractivity contribution < 1.29 is 4.42 Å². The summed E-state index contributed by atoms with van der Waals surface area (Å²) in [5.41, 5.74) is 1.25. The van der Waals surface area contributed by atoms with Gasteiger partial charge in [-0.2, -0.15) is 11.3 Å². The zero-order chi connectivity index (χ0) is 17.5. The van der Waals surface area contributed by atoms with Crippen LogP contribution in [0, 0.1) is 6.92 Å². The second kappa shape index (κ2) is 9.06. The van der Waals surface area contributed by atoms with Gasteiger partial charge in [0.1, 0.15) is 11.5 Å². The molecular weight excluding hydrogens is 332 g/mol. The van der Waals surface area contributed by atoms with Crippen molar-refractivity contribution in [1.82, 2.24) is 15.5 Å². The SMILES string of the molecule is CCNC(=NCc1ccsc1)NCC(c1ccc(C)o1)N1CCCC1. The van der Waals surface area contributed by atoms with Gasteiger partial charge in [-0.25, -0.2) is 4.99 Å². The molecule has 1 fully saturated rings. The highest BCUT2D eigenvalue weighted by Crippen LogP contribution is 2.26. The number of nitrogens with zero attached hydrogens (tertiary/aromatic N) is 2. The van der Waals surface area contributed by atoms with Crippen LogP contribution < -0.4 is 10.6 Å². The predicted molar refractivity (Wildman–Crippen MR) is 104 cm³/mol. The molecule has 2 aromatic rings. The first kappa shape index (κ1) is 18.0. The largest absolute Gasteiger partial charge is 0.465 e. The summed E-state index contributed by atoms with van der Waals surface area (Å²) in [6.45, 7) is 8.71. The van der Waals surface area contributed by atoms with Crippen LogP contribution in [0.3, 0.4) is 0 Å². The quantitative estimate of drug-likeness (QED) is 0.586. The molecule has 0 aliphatic carbocycles. The molecule has 1 atom stereocenters. The number of thiophene rings is 1. The summed E-state index contributed by atoms with van der Waals surface area (Å²) in [5, 5.41) is 11.1. The molecule has 1 unspecified atom stereocenters. The first-order chi connectivity index (χ1) is 12.3. The molecule has 1 saturated heterocycles. The monoisotopic (exact) mass is 360 g/mol. The van der Waals surface area contributed by atoms with Crippen LogP contribution in [0.25, 0.3) is 0 Å². The fraction of sp³-hybridized carbons (Fsp3) is 0.526. The van der Waals surface area contributed by atoms with Gasteiger partial charge in [-0.05, 0) is 74.3 Å². The summed E-state index contributed by atoms with van der Waals surface area (Å²) >= 11 is 1.71. The minimum absolute atomic E-state index is 0.251. The van der Waals surface area contributed by atoms with Gasteiger partial charge in [-0.1, -0.05) is 0 Å². The van der Waals surface area contributed by atoms with Crippen molar-refractivity contribution >= 4 is 17.3 Å². The Bertz CT molecular complexity index is 659. The molecule has 6 heteroatoms. The number of likely N-dealkylation sites (tertiary alicyclic amines) is 1. The molecule has 3 rings (SSSR count). The molecule has 0 amide bonds. The van der Waals surface area contributed by atoms with Crippen molar-refractivity contribution in [3.05, 3.63) is 46.0 Å². The Morgan fingerprint density at radius 3 is 2.76 bits per heavy atom. The van der Waals surface area contributed by atoms with Crippen LogP contribution in [0.1, 0.15) is 42.9 Å². The van der Waals surface area contributed by atoms with E-state index < -0.39 is 0 Å². The summed E-state index contributed by atoms with van der Waals surface area (Å²) < 4.78 is 5.93. The summed E-state index contributed by atoms with van der Waals surface area (Å²) in [6, 6.07) is 6.53. The van der Waals surface area contributed by atoms with Crippen LogP contribution in [-0.2, 0) is 6.54 Å². The van der Waals surface area contributed by atoms with Crippen LogP contribution in [-0.4, -0.2) is 37.0 Å². The maximum Gasteiger partial charge on any atom is 0.191 e. The number of furan rings is 1. The van der Waals surface area contributed by atoms with Crippen molar-refractivity contribution in [2.75, 3.05) is 26.2 Å². The molecule has 0 bridgehead atoms. The maximum atomic E-state index is 5.93. The lowest BCUT2D eigenvalue weighted by atomic mass is 10.2. The number of aliphatic imine (C=N–C) groups is 1. The first-order valence-electron chi connectivity index (χ1n) is 9.10. The van der Waals surface area contributed by atoms with Crippen molar-refractivity contribution in [2.24, 2.45) is 4.99 Å². The Morgan fingerprint density at radius 1 is 1.28 bits per heavy atom. The first-order valence-corrected chi connectivity index (χ1v) is 10.0. The lowest BCUT2D eigenvalue weighted by Crippen LogP contribution is -2.42. The number of rotatable bonds is 7. The summed E-state index contributed by atoms with van der Waals surface area (Å²) in [6.07, 6.45) is 2.53. The molecule has 0 saturated carbocycles. The van der Waals surface area contributed by atoms with Crippen LogP contribution in [0.2, 0.25) is 0 Å². The van der Waals surface area contributed by atoms with Gasteiger partial charge in [0.05, 0.1) is 12.6 Å². The number of guanidine groups is 1. The van der Waals surface area contributed by atoms with Gasteiger partial charge in [0.25, 0.3) is 0 Å².